The number of nitrogens with zero attached hydrogens (tertiary/aromatic N) is 2. The molecule has 0 saturated carbocycles. The lowest BCUT2D eigenvalue weighted by Gasteiger charge is -2.13. The van der Waals surface area contributed by atoms with Crippen LogP contribution in [0.5, 0.6) is 0 Å². The molecular formula is C21H18FN5O3. The van der Waals surface area contributed by atoms with Crippen LogP contribution in [0.15, 0.2) is 66.0 Å². The van der Waals surface area contributed by atoms with E-state index in [2.05, 4.69) is 25.9 Å². The zero-order chi connectivity index (χ0) is 21.7. The maximum Gasteiger partial charge on any atom is 0.244 e. The molecule has 0 unspecified atom stereocenters. The maximum absolute atomic E-state index is 14.2. The van der Waals surface area contributed by atoms with E-state index in [-0.39, 0.29) is 28.8 Å². The van der Waals surface area contributed by atoms with Crippen LogP contribution in [0.1, 0.15) is 17.3 Å². The van der Waals surface area contributed by atoms with Gasteiger partial charge in [-0.3, -0.25) is 14.4 Å². The van der Waals surface area contributed by atoms with Crippen molar-refractivity contribution < 1.29 is 18.8 Å². The lowest BCUT2D eigenvalue weighted by molar-refractivity contribution is -0.117. The van der Waals surface area contributed by atoms with Gasteiger partial charge in [-0.2, -0.15) is 4.98 Å². The average Bonchev–Trinajstić information content (AvgIpc) is 2.73. The Labute approximate surface area is 171 Å². The quantitative estimate of drug-likeness (QED) is 0.498. The largest absolute Gasteiger partial charge is 0.356 e. The van der Waals surface area contributed by atoms with Gasteiger partial charge in [0.1, 0.15) is 0 Å². The highest BCUT2D eigenvalue weighted by Gasteiger charge is 2.19. The van der Waals surface area contributed by atoms with Gasteiger partial charge in [0.2, 0.25) is 17.6 Å². The third kappa shape index (κ3) is 4.82. The first-order valence-electron chi connectivity index (χ1n) is 8.91. The highest BCUT2D eigenvalue weighted by Crippen LogP contribution is 2.21. The van der Waals surface area contributed by atoms with E-state index in [0.717, 1.165) is 6.20 Å². The molecule has 3 rings (SSSR count). The third-order valence-corrected chi connectivity index (χ3v) is 4.10. The maximum atomic E-state index is 14.2. The monoisotopic (exact) mass is 407 g/mol. The number of allylic oxidation sites excluding steroid dienone is 4. The lowest BCUT2D eigenvalue weighted by atomic mass is 10.0. The number of hydrogen-bond acceptors (Lipinski definition) is 7. The molecule has 9 heteroatoms. The second-order valence-electron chi connectivity index (χ2n) is 6.26. The summed E-state index contributed by atoms with van der Waals surface area (Å²) in [6.07, 6.45) is 6.73. The fraction of sp³-hybridized carbons (Fsp3) is 0.0952. The number of halogens is 1. The summed E-state index contributed by atoms with van der Waals surface area (Å²) in [5, 5.41) is 7.95. The molecule has 0 saturated heterocycles. The molecule has 1 aromatic carbocycles. The van der Waals surface area contributed by atoms with Gasteiger partial charge in [0, 0.05) is 29.9 Å². The summed E-state index contributed by atoms with van der Waals surface area (Å²) in [7, 11) is 1.46. The number of rotatable bonds is 6. The molecule has 1 aliphatic carbocycles. The summed E-state index contributed by atoms with van der Waals surface area (Å²) in [5.41, 5.74) is 1.25. The molecule has 0 aliphatic heterocycles. The number of anilines is 3. The van der Waals surface area contributed by atoms with Gasteiger partial charge in [0.25, 0.3) is 0 Å². The second kappa shape index (κ2) is 8.91. The molecule has 1 amide bonds. The Balaban J connectivity index is 1.81. The highest BCUT2D eigenvalue weighted by molar-refractivity contribution is 6.15. The van der Waals surface area contributed by atoms with Crippen molar-refractivity contribution in [2.75, 3.05) is 17.7 Å². The van der Waals surface area contributed by atoms with Crippen LogP contribution in [0.2, 0.25) is 0 Å². The Kier molecular flexibility index (Phi) is 6.11. The summed E-state index contributed by atoms with van der Waals surface area (Å²) >= 11 is 0. The number of ketones is 2. The molecule has 1 heterocycles. The minimum absolute atomic E-state index is 0.0178. The van der Waals surface area contributed by atoms with Crippen molar-refractivity contribution in [3.8, 4) is 0 Å². The average molecular weight is 407 g/mol. The van der Waals surface area contributed by atoms with Crippen molar-refractivity contribution in [2.24, 2.45) is 0 Å². The van der Waals surface area contributed by atoms with Crippen molar-refractivity contribution in [1.82, 2.24) is 15.3 Å². The summed E-state index contributed by atoms with van der Waals surface area (Å²) in [5.74, 6) is -1.83. The molecule has 8 nitrogen and oxygen atoms in total. The molecule has 0 bridgehead atoms. The zero-order valence-corrected chi connectivity index (χ0v) is 16.2. The Morgan fingerprint density at radius 1 is 1.20 bits per heavy atom. The normalized spacial score (nSPS) is 14.3. The van der Waals surface area contributed by atoms with E-state index in [4.69, 9.17) is 0 Å². The Bertz CT molecular complexity index is 1120. The zero-order valence-electron chi connectivity index (χ0n) is 16.2. The fourth-order valence-electron chi connectivity index (χ4n) is 2.57. The molecule has 0 atom stereocenters. The van der Waals surface area contributed by atoms with Crippen LogP contribution in [0.4, 0.5) is 21.8 Å². The first kappa shape index (κ1) is 20.6. The molecular weight excluding hydrogens is 389 g/mol. The summed E-state index contributed by atoms with van der Waals surface area (Å²) in [6, 6.07) is 6.55. The predicted molar refractivity (Wildman–Crippen MR) is 110 cm³/mol. The van der Waals surface area contributed by atoms with Crippen LogP contribution in [0.3, 0.4) is 0 Å². The molecule has 0 spiro atoms. The Morgan fingerprint density at radius 2 is 2.00 bits per heavy atom. The van der Waals surface area contributed by atoms with Gasteiger partial charge in [-0.15, -0.1) is 0 Å². The third-order valence-electron chi connectivity index (χ3n) is 4.10. The number of amides is 1. The van der Waals surface area contributed by atoms with Crippen molar-refractivity contribution >= 4 is 34.9 Å². The van der Waals surface area contributed by atoms with E-state index in [9.17, 15) is 18.8 Å². The van der Waals surface area contributed by atoms with E-state index in [1.807, 2.05) is 0 Å². The number of aromatic nitrogens is 2. The van der Waals surface area contributed by atoms with E-state index >= 15 is 0 Å². The van der Waals surface area contributed by atoms with Crippen molar-refractivity contribution in [1.29, 1.82) is 0 Å². The standard InChI is InChI=1S/C21H18FN5O3/c1-12(28)13-5-3-7-15(9-13)25-20-16(22)11-24-21(27-20)26-17-8-4-6-14(19(17)30)10-18(29)23-2/h3-11H,1-2H3,(H,23,29)(H2,24,25,26,27). The Hall–Kier alpha value is -4.14. The van der Waals surface area contributed by atoms with Gasteiger partial charge in [-0.05, 0) is 25.1 Å². The molecule has 1 aliphatic rings. The van der Waals surface area contributed by atoms with E-state index in [1.165, 1.54) is 32.2 Å². The molecule has 152 valence electrons. The molecule has 0 radical (unpaired) electrons. The SMILES string of the molecule is CNC(=O)C=C1C=CC=C(Nc2ncc(F)c(Nc3cccc(C(C)=O)c3)n2)C1=O. The van der Waals surface area contributed by atoms with Crippen molar-refractivity contribution in [3.63, 3.8) is 0 Å². The summed E-state index contributed by atoms with van der Waals surface area (Å²) in [6.45, 7) is 1.43. The number of carbonyl (C=O) groups excluding carboxylic acids is 3. The van der Waals surface area contributed by atoms with E-state index in [0.29, 0.717) is 11.3 Å². The minimum Gasteiger partial charge on any atom is -0.356 e. The second-order valence-corrected chi connectivity index (χ2v) is 6.26. The van der Waals surface area contributed by atoms with Gasteiger partial charge in [0.15, 0.2) is 17.4 Å². The van der Waals surface area contributed by atoms with Crippen molar-refractivity contribution in [3.05, 3.63) is 77.4 Å². The fourth-order valence-corrected chi connectivity index (χ4v) is 2.57. The molecule has 1 aromatic heterocycles. The number of hydrogen-bond donors (Lipinski definition) is 3. The van der Waals surface area contributed by atoms with Crippen LogP contribution in [0.25, 0.3) is 0 Å². The predicted octanol–water partition coefficient (Wildman–Crippen LogP) is 2.67. The summed E-state index contributed by atoms with van der Waals surface area (Å²) < 4.78 is 14.2. The first-order valence-corrected chi connectivity index (χ1v) is 8.91. The van der Waals surface area contributed by atoms with Gasteiger partial charge < -0.3 is 16.0 Å². The van der Waals surface area contributed by atoms with Gasteiger partial charge in [-0.1, -0.05) is 24.3 Å². The number of likely N-dealkylation sites (N-methyl/N-ethyl adjacent to an activating group) is 1. The van der Waals surface area contributed by atoms with Crippen molar-refractivity contribution in [2.45, 2.75) is 6.92 Å². The van der Waals surface area contributed by atoms with Crippen LogP contribution in [0, 0.1) is 5.82 Å². The van der Waals surface area contributed by atoms with Gasteiger partial charge in [0.05, 0.1) is 11.9 Å². The number of benzene rings is 1. The van der Waals surface area contributed by atoms with Gasteiger partial charge >= 0.3 is 0 Å². The van der Waals surface area contributed by atoms with Crippen LogP contribution >= 0.6 is 0 Å². The van der Waals surface area contributed by atoms with Crippen LogP contribution < -0.4 is 16.0 Å². The smallest absolute Gasteiger partial charge is 0.244 e. The van der Waals surface area contributed by atoms with Crippen LogP contribution in [-0.4, -0.2) is 34.5 Å². The molecule has 2 aromatic rings. The number of carbonyl (C=O) groups is 3. The lowest BCUT2D eigenvalue weighted by Crippen LogP contribution is -2.20. The van der Waals surface area contributed by atoms with E-state index in [1.54, 1.807) is 30.3 Å². The number of Topliss-reactive ketones (excluding diaryl/α,β-unsaturated/α-hetero) is 2. The minimum atomic E-state index is -0.710. The molecule has 3 N–H and O–H groups in total. The molecule has 30 heavy (non-hydrogen) atoms. The Morgan fingerprint density at radius 3 is 2.73 bits per heavy atom. The molecule has 0 fully saturated rings. The van der Waals surface area contributed by atoms with E-state index < -0.39 is 17.5 Å². The number of nitrogens with one attached hydrogen (secondary N) is 3. The topological polar surface area (TPSA) is 113 Å². The summed E-state index contributed by atoms with van der Waals surface area (Å²) in [4.78, 5) is 43.5. The first-order chi connectivity index (χ1) is 14.4. The highest BCUT2D eigenvalue weighted by atomic mass is 19.1. The van der Waals surface area contributed by atoms with Gasteiger partial charge in [-0.25, -0.2) is 9.37 Å². The van der Waals surface area contributed by atoms with Crippen LogP contribution in [-0.2, 0) is 9.59 Å².